The number of rotatable bonds is 5. The molecule has 0 atom stereocenters. The quantitative estimate of drug-likeness (QED) is 0.735. The van der Waals surface area contributed by atoms with E-state index in [0.717, 1.165) is 5.56 Å². The molecule has 0 amide bonds. The second kappa shape index (κ2) is 6.48. The maximum absolute atomic E-state index is 12.1. The number of para-hydroxylation sites is 1. The fourth-order valence-corrected chi connectivity index (χ4v) is 2.54. The summed E-state index contributed by atoms with van der Waals surface area (Å²) in [7, 11) is 0. The van der Waals surface area contributed by atoms with Crippen molar-refractivity contribution >= 4 is 16.8 Å². The highest BCUT2D eigenvalue weighted by molar-refractivity contribution is 5.87. The molecule has 0 saturated carbocycles. The molecular weight excluding hydrogens is 292 g/mol. The highest BCUT2D eigenvalue weighted by Gasteiger charge is 2.16. The molecule has 3 rings (SSSR count). The normalized spacial score (nSPS) is 10.8. The number of carbonyl (C=O) groups is 1. The van der Waals surface area contributed by atoms with Crippen LogP contribution in [0.5, 0.6) is 5.75 Å². The minimum absolute atomic E-state index is 0.0294. The van der Waals surface area contributed by atoms with Crippen LogP contribution in [0.15, 0.2) is 63.8 Å². The molecule has 3 aromatic rings. The molecule has 23 heavy (non-hydrogen) atoms. The summed E-state index contributed by atoms with van der Waals surface area (Å²) < 4.78 is 5.17. The van der Waals surface area contributed by atoms with E-state index < -0.39 is 5.63 Å². The maximum Gasteiger partial charge on any atom is 0.343 e. The average Bonchev–Trinajstić information content (AvgIpc) is 2.58. The standard InChI is InChI=1S/C19H16O4/c20-14(11-10-13-6-2-1-3-7-13)12-16-18(21)15-8-4-5-9-17(15)23-19(16)22/h1-9,21H,10-12H2. The van der Waals surface area contributed by atoms with Crippen molar-refractivity contribution < 1.29 is 14.3 Å². The monoisotopic (exact) mass is 308 g/mol. The molecule has 0 unspecified atom stereocenters. The third-order valence-corrected chi connectivity index (χ3v) is 3.79. The van der Waals surface area contributed by atoms with Gasteiger partial charge in [-0.2, -0.15) is 0 Å². The minimum Gasteiger partial charge on any atom is -0.507 e. The molecule has 0 aliphatic heterocycles. The van der Waals surface area contributed by atoms with Gasteiger partial charge in [-0.05, 0) is 24.1 Å². The summed E-state index contributed by atoms with van der Waals surface area (Å²) in [6, 6.07) is 16.4. The third kappa shape index (κ3) is 3.31. The number of Topliss-reactive ketones (excluding diaryl/α,β-unsaturated/α-hetero) is 1. The number of hydrogen-bond donors (Lipinski definition) is 1. The second-order valence-electron chi connectivity index (χ2n) is 5.41. The molecule has 0 fully saturated rings. The first kappa shape index (κ1) is 15.0. The lowest BCUT2D eigenvalue weighted by Gasteiger charge is -2.06. The maximum atomic E-state index is 12.1. The largest absolute Gasteiger partial charge is 0.507 e. The first-order valence-electron chi connectivity index (χ1n) is 7.44. The van der Waals surface area contributed by atoms with Crippen LogP contribution in [0.1, 0.15) is 17.5 Å². The van der Waals surface area contributed by atoms with Crippen LogP contribution >= 0.6 is 0 Å². The second-order valence-corrected chi connectivity index (χ2v) is 5.41. The summed E-state index contributed by atoms with van der Waals surface area (Å²) in [5, 5.41) is 10.7. The van der Waals surface area contributed by atoms with Crippen LogP contribution in [0.4, 0.5) is 0 Å². The van der Waals surface area contributed by atoms with Crippen molar-refractivity contribution in [3.63, 3.8) is 0 Å². The highest BCUT2D eigenvalue weighted by Crippen LogP contribution is 2.26. The number of fused-ring (bicyclic) bond motifs is 1. The van der Waals surface area contributed by atoms with Crippen molar-refractivity contribution in [3.8, 4) is 5.75 Å². The van der Waals surface area contributed by atoms with Gasteiger partial charge >= 0.3 is 5.63 Å². The van der Waals surface area contributed by atoms with E-state index in [1.807, 2.05) is 30.3 Å². The van der Waals surface area contributed by atoms with Crippen LogP contribution in [0.3, 0.4) is 0 Å². The van der Waals surface area contributed by atoms with Crippen molar-refractivity contribution in [2.75, 3.05) is 0 Å². The van der Waals surface area contributed by atoms with Crippen LogP contribution in [-0.2, 0) is 17.6 Å². The Kier molecular flexibility index (Phi) is 4.24. The molecular formula is C19H16O4. The summed E-state index contributed by atoms with van der Waals surface area (Å²) >= 11 is 0. The van der Waals surface area contributed by atoms with Gasteiger partial charge in [-0.1, -0.05) is 42.5 Å². The number of carbonyl (C=O) groups excluding carboxylic acids is 1. The first-order valence-corrected chi connectivity index (χ1v) is 7.44. The lowest BCUT2D eigenvalue weighted by Crippen LogP contribution is -2.14. The molecule has 4 heteroatoms. The van der Waals surface area contributed by atoms with E-state index in [0.29, 0.717) is 23.8 Å². The van der Waals surface area contributed by atoms with E-state index in [-0.39, 0.29) is 23.5 Å². The van der Waals surface area contributed by atoms with E-state index in [1.54, 1.807) is 24.3 Å². The van der Waals surface area contributed by atoms with E-state index in [2.05, 4.69) is 0 Å². The number of hydrogen-bond acceptors (Lipinski definition) is 4. The first-order chi connectivity index (χ1) is 11.1. The minimum atomic E-state index is -0.658. The molecule has 0 aliphatic carbocycles. The van der Waals surface area contributed by atoms with Crippen LogP contribution in [0, 0.1) is 0 Å². The Balaban J connectivity index is 1.78. The summed E-state index contributed by atoms with van der Waals surface area (Å²) in [6.45, 7) is 0. The van der Waals surface area contributed by atoms with Gasteiger partial charge in [-0.15, -0.1) is 0 Å². The molecule has 1 heterocycles. The number of ketones is 1. The Morgan fingerprint density at radius 3 is 2.48 bits per heavy atom. The van der Waals surface area contributed by atoms with Gasteiger partial charge in [-0.25, -0.2) is 4.79 Å². The fraction of sp³-hybridized carbons (Fsp3) is 0.158. The Labute approximate surface area is 133 Å². The van der Waals surface area contributed by atoms with Gasteiger partial charge in [0, 0.05) is 12.8 Å². The molecule has 1 N–H and O–H groups in total. The summed E-state index contributed by atoms with van der Waals surface area (Å²) in [5.41, 5.74) is 0.752. The Bertz CT molecular complexity index is 894. The molecule has 1 aromatic heterocycles. The highest BCUT2D eigenvalue weighted by atomic mass is 16.4. The van der Waals surface area contributed by atoms with Crippen LogP contribution in [-0.4, -0.2) is 10.9 Å². The van der Waals surface area contributed by atoms with Gasteiger partial charge < -0.3 is 9.52 Å². The van der Waals surface area contributed by atoms with Crippen molar-refractivity contribution in [2.24, 2.45) is 0 Å². The average molecular weight is 308 g/mol. The Morgan fingerprint density at radius 1 is 1.00 bits per heavy atom. The zero-order chi connectivity index (χ0) is 16.2. The topological polar surface area (TPSA) is 67.5 Å². The van der Waals surface area contributed by atoms with Gasteiger partial charge in [0.15, 0.2) is 0 Å². The zero-order valence-electron chi connectivity index (χ0n) is 12.5. The van der Waals surface area contributed by atoms with Crippen LogP contribution in [0.25, 0.3) is 11.0 Å². The molecule has 0 radical (unpaired) electrons. The zero-order valence-corrected chi connectivity index (χ0v) is 12.5. The molecule has 116 valence electrons. The third-order valence-electron chi connectivity index (χ3n) is 3.79. The molecule has 0 bridgehead atoms. The van der Waals surface area contributed by atoms with Crippen LogP contribution in [0.2, 0.25) is 0 Å². The van der Waals surface area contributed by atoms with Crippen molar-refractivity contribution in [1.82, 2.24) is 0 Å². The van der Waals surface area contributed by atoms with Crippen LogP contribution < -0.4 is 5.63 Å². The lowest BCUT2D eigenvalue weighted by atomic mass is 10.0. The molecule has 0 saturated heterocycles. The summed E-state index contributed by atoms with van der Waals surface area (Å²) in [4.78, 5) is 24.1. The van der Waals surface area contributed by atoms with E-state index >= 15 is 0 Å². The number of benzene rings is 2. The summed E-state index contributed by atoms with van der Waals surface area (Å²) in [5.74, 6) is -0.267. The van der Waals surface area contributed by atoms with Gasteiger partial charge in [0.25, 0.3) is 0 Å². The molecule has 0 spiro atoms. The predicted octanol–water partition coefficient (Wildman–Crippen LogP) is 3.24. The van der Waals surface area contributed by atoms with Gasteiger partial charge in [0.1, 0.15) is 17.1 Å². The van der Waals surface area contributed by atoms with Gasteiger partial charge in [0.05, 0.1) is 10.9 Å². The SMILES string of the molecule is O=C(CCc1ccccc1)Cc1c(O)c2ccccc2oc1=O. The van der Waals surface area contributed by atoms with Crippen molar-refractivity contribution in [2.45, 2.75) is 19.3 Å². The number of aromatic hydroxyl groups is 1. The summed E-state index contributed by atoms with van der Waals surface area (Å²) in [6.07, 6.45) is 0.806. The molecule has 2 aromatic carbocycles. The molecule has 0 aliphatic rings. The van der Waals surface area contributed by atoms with Gasteiger partial charge in [0.2, 0.25) is 0 Å². The van der Waals surface area contributed by atoms with Crippen molar-refractivity contribution in [3.05, 3.63) is 76.1 Å². The molecule has 4 nitrogen and oxygen atoms in total. The van der Waals surface area contributed by atoms with Crippen molar-refractivity contribution in [1.29, 1.82) is 0 Å². The van der Waals surface area contributed by atoms with E-state index in [1.165, 1.54) is 0 Å². The van der Waals surface area contributed by atoms with Gasteiger partial charge in [-0.3, -0.25) is 4.79 Å². The Hall–Kier alpha value is -2.88. The predicted molar refractivity (Wildman–Crippen MR) is 87.6 cm³/mol. The number of aryl methyl sites for hydroxylation is 1. The fourth-order valence-electron chi connectivity index (χ4n) is 2.54. The smallest absolute Gasteiger partial charge is 0.343 e. The lowest BCUT2D eigenvalue weighted by molar-refractivity contribution is -0.118. The Morgan fingerprint density at radius 2 is 1.70 bits per heavy atom. The van der Waals surface area contributed by atoms with E-state index in [4.69, 9.17) is 4.42 Å². The van der Waals surface area contributed by atoms with E-state index in [9.17, 15) is 14.7 Å².